The largest absolute Gasteiger partial charge is 0.494 e. The molecule has 0 atom stereocenters. The molecule has 0 bridgehead atoms. The molecule has 0 aliphatic rings. The van der Waals surface area contributed by atoms with Crippen LogP contribution in [0.15, 0.2) is 29.2 Å². The van der Waals surface area contributed by atoms with Gasteiger partial charge >= 0.3 is 0 Å². The third-order valence-corrected chi connectivity index (χ3v) is 2.36. The Morgan fingerprint density at radius 3 is 2.45 bits per heavy atom. The minimum atomic E-state index is 0.716. The van der Waals surface area contributed by atoms with E-state index in [0.29, 0.717) is 6.61 Å². The van der Waals surface area contributed by atoms with Crippen LogP contribution in [0.4, 0.5) is 0 Å². The Balaban J connectivity index is 2.66. The molecule has 0 aromatic heterocycles. The van der Waals surface area contributed by atoms with Gasteiger partial charge in [0.25, 0.3) is 0 Å². The summed E-state index contributed by atoms with van der Waals surface area (Å²) in [6.07, 6.45) is 0. The molecule has 1 rings (SSSR count). The van der Waals surface area contributed by atoms with Crippen molar-refractivity contribution >= 4 is 22.5 Å². The highest BCUT2D eigenvalue weighted by Crippen LogP contribution is 2.23. The summed E-state index contributed by atoms with van der Waals surface area (Å²) in [5, 5.41) is 0. The molecule has 0 aliphatic carbocycles. The van der Waals surface area contributed by atoms with Crippen LogP contribution < -0.4 is 4.74 Å². The molecule has 0 aliphatic heterocycles. The third kappa shape index (κ3) is 2.67. The average Bonchev–Trinajstić information content (AvgIpc) is 2.07. The Kier molecular flexibility index (Phi) is 3.66. The Morgan fingerprint density at radius 1 is 1.36 bits per heavy atom. The summed E-state index contributed by atoms with van der Waals surface area (Å²) in [5.41, 5.74) is 0. The van der Waals surface area contributed by atoms with E-state index in [-0.39, 0.29) is 0 Å². The summed E-state index contributed by atoms with van der Waals surface area (Å²) in [6, 6.07) is 7.87. The van der Waals surface area contributed by atoms with Gasteiger partial charge < -0.3 is 4.74 Å². The maximum Gasteiger partial charge on any atom is 0.119 e. The Morgan fingerprint density at radius 2 is 2.00 bits per heavy atom. The van der Waals surface area contributed by atoms with Crippen LogP contribution in [0.3, 0.4) is 0 Å². The minimum absolute atomic E-state index is 0.716. The Labute approximate surface area is 76.0 Å². The van der Waals surface area contributed by atoms with E-state index in [1.807, 2.05) is 31.2 Å². The first kappa shape index (κ1) is 8.81. The van der Waals surface area contributed by atoms with Gasteiger partial charge in [0, 0.05) is 4.90 Å². The molecule has 0 radical (unpaired) electrons. The molecule has 0 heterocycles. The van der Waals surface area contributed by atoms with Crippen molar-refractivity contribution in [1.29, 1.82) is 0 Å². The van der Waals surface area contributed by atoms with Crippen molar-refractivity contribution in [3.63, 3.8) is 0 Å². The van der Waals surface area contributed by atoms with Gasteiger partial charge in [0.15, 0.2) is 0 Å². The van der Waals surface area contributed by atoms with Crippen LogP contribution in [-0.4, -0.2) is 6.61 Å². The number of hydrogen-bond acceptors (Lipinski definition) is 3. The number of ether oxygens (including phenoxy) is 1. The molecule has 1 nitrogen and oxygen atoms in total. The number of hydrogen-bond donors (Lipinski definition) is 1. The molecular formula is C8H10OS2. The first-order valence-corrected chi connectivity index (χ1v) is 5.28. The Hall–Kier alpha value is -0.280. The monoisotopic (exact) mass is 186 g/mol. The Bertz CT molecular complexity index is 208. The van der Waals surface area contributed by atoms with Gasteiger partial charge in [-0.05, 0) is 31.2 Å². The lowest BCUT2D eigenvalue weighted by atomic mass is 10.3. The van der Waals surface area contributed by atoms with Gasteiger partial charge in [0.05, 0.1) is 6.61 Å². The third-order valence-electron chi connectivity index (χ3n) is 1.24. The average molecular weight is 186 g/mol. The summed E-state index contributed by atoms with van der Waals surface area (Å²) in [6.45, 7) is 2.69. The van der Waals surface area contributed by atoms with E-state index in [9.17, 15) is 0 Å². The van der Waals surface area contributed by atoms with E-state index in [0.717, 1.165) is 10.6 Å². The van der Waals surface area contributed by atoms with Crippen molar-refractivity contribution in [2.24, 2.45) is 0 Å². The van der Waals surface area contributed by atoms with Gasteiger partial charge in [-0.3, -0.25) is 0 Å². The summed E-state index contributed by atoms with van der Waals surface area (Å²) in [4.78, 5) is 1.14. The molecular weight excluding hydrogens is 176 g/mol. The molecule has 1 aromatic carbocycles. The normalized spacial score (nSPS) is 9.64. The standard InChI is InChI=1S/C8H10OS2/c1-2-9-7-3-5-8(11-10)6-4-7/h3-6,10H,2H2,1H3. The highest BCUT2D eigenvalue weighted by atomic mass is 33.1. The lowest BCUT2D eigenvalue weighted by Gasteiger charge is -2.01. The van der Waals surface area contributed by atoms with Crippen LogP contribution in [0, 0.1) is 0 Å². The van der Waals surface area contributed by atoms with Crippen molar-refractivity contribution in [2.75, 3.05) is 6.61 Å². The fourth-order valence-corrected chi connectivity index (χ4v) is 1.39. The van der Waals surface area contributed by atoms with Crippen molar-refractivity contribution < 1.29 is 4.74 Å². The zero-order valence-electron chi connectivity index (χ0n) is 6.28. The topological polar surface area (TPSA) is 9.23 Å². The molecule has 0 amide bonds. The second kappa shape index (κ2) is 4.57. The quantitative estimate of drug-likeness (QED) is 0.574. The van der Waals surface area contributed by atoms with Gasteiger partial charge in [-0.25, -0.2) is 0 Å². The highest BCUT2D eigenvalue weighted by molar-refractivity contribution is 8.68. The second-order valence-electron chi connectivity index (χ2n) is 2.00. The first-order valence-electron chi connectivity index (χ1n) is 3.41. The zero-order valence-corrected chi connectivity index (χ0v) is 7.99. The highest BCUT2D eigenvalue weighted by Gasteiger charge is 1.91. The van der Waals surface area contributed by atoms with Crippen LogP contribution in [0.1, 0.15) is 6.92 Å². The number of benzene rings is 1. The molecule has 3 heteroatoms. The van der Waals surface area contributed by atoms with E-state index < -0.39 is 0 Å². The molecule has 0 unspecified atom stereocenters. The van der Waals surface area contributed by atoms with Crippen molar-refractivity contribution in [3.05, 3.63) is 24.3 Å². The van der Waals surface area contributed by atoms with Gasteiger partial charge in [-0.1, -0.05) is 10.8 Å². The van der Waals surface area contributed by atoms with Gasteiger partial charge in [-0.2, -0.15) is 0 Å². The van der Waals surface area contributed by atoms with Gasteiger partial charge in [0.1, 0.15) is 5.75 Å². The summed E-state index contributed by atoms with van der Waals surface area (Å²) < 4.78 is 5.27. The number of rotatable bonds is 3. The van der Waals surface area contributed by atoms with E-state index >= 15 is 0 Å². The molecule has 60 valence electrons. The van der Waals surface area contributed by atoms with Crippen LogP contribution in [0.25, 0.3) is 0 Å². The van der Waals surface area contributed by atoms with E-state index in [1.165, 1.54) is 10.8 Å². The van der Waals surface area contributed by atoms with Crippen LogP contribution >= 0.6 is 22.5 Å². The lowest BCUT2D eigenvalue weighted by molar-refractivity contribution is 0.340. The number of thiol groups is 1. The van der Waals surface area contributed by atoms with Crippen molar-refractivity contribution in [2.45, 2.75) is 11.8 Å². The fraction of sp³-hybridized carbons (Fsp3) is 0.250. The van der Waals surface area contributed by atoms with Crippen molar-refractivity contribution in [3.8, 4) is 5.75 Å². The summed E-state index contributed by atoms with van der Waals surface area (Å²) >= 11 is 4.07. The van der Waals surface area contributed by atoms with E-state index in [2.05, 4.69) is 11.7 Å². The molecule has 11 heavy (non-hydrogen) atoms. The lowest BCUT2D eigenvalue weighted by Crippen LogP contribution is -1.89. The van der Waals surface area contributed by atoms with Gasteiger partial charge in [-0.15, -0.1) is 11.7 Å². The van der Waals surface area contributed by atoms with Crippen LogP contribution in [0.2, 0.25) is 0 Å². The molecule has 0 N–H and O–H groups in total. The molecule has 0 saturated heterocycles. The maximum absolute atomic E-state index is 5.27. The predicted molar refractivity (Wildman–Crippen MR) is 52.5 cm³/mol. The first-order chi connectivity index (χ1) is 5.36. The van der Waals surface area contributed by atoms with Crippen LogP contribution in [-0.2, 0) is 0 Å². The van der Waals surface area contributed by atoms with E-state index in [4.69, 9.17) is 4.74 Å². The van der Waals surface area contributed by atoms with E-state index in [1.54, 1.807) is 0 Å². The summed E-state index contributed by atoms with van der Waals surface area (Å²) in [7, 11) is 1.43. The zero-order chi connectivity index (χ0) is 8.10. The predicted octanol–water partition coefficient (Wildman–Crippen LogP) is 3.02. The van der Waals surface area contributed by atoms with Gasteiger partial charge in [0.2, 0.25) is 0 Å². The van der Waals surface area contributed by atoms with Crippen molar-refractivity contribution in [1.82, 2.24) is 0 Å². The summed E-state index contributed by atoms with van der Waals surface area (Å²) in [5.74, 6) is 0.915. The fourth-order valence-electron chi connectivity index (χ4n) is 0.763. The molecule has 1 aromatic rings. The minimum Gasteiger partial charge on any atom is -0.494 e. The molecule has 0 spiro atoms. The molecule has 0 fully saturated rings. The second-order valence-corrected chi connectivity index (χ2v) is 3.20. The maximum atomic E-state index is 5.27. The SMILES string of the molecule is CCOc1ccc(SS)cc1. The van der Waals surface area contributed by atoms with Crippen LogP contribution in [0.5, 0.6) is 5.75 Å². The smallest absolute Gasteiger partial charge is 0.119 e. The molecule has 0 saturated carbocycles.